The Labute approximate surface area is 142 Å². The lowest BCUT2D eigenvalue weighted by Crippen LogP contribution is -2.07. The zero-order valence-corrected chi connectivity index (χ0v) is 14.2. The van der Waals surface area contributed by atoms with Crippen LogP contribution in [0.3, 0.4) is 0 Å². The van der Waals surface area contributed by atoms with Gasteiger partial charge in [0.05, 0.1) is 6.10 Å². The topological polar surface area (TPSA) is 72.6 Å². The van der Waals surface area contributed by atoms with Gasteiger partial charge in [-0.1, -0.05) is 6.92 Å². The van der Waals surface area contributed by atoms with Crippen LogP contribution in [-0.4, -0.2) is 17.0 Å². The molecule has 0 heterocycles. The second-order valence-corrected chi connectivity index (χ2v) is 5.86. The van der Waals surface area contributed by atoms with Crippen LogP contribution in [0.5, 0.6) is 11.5 Å². The summed E-state index contributed by atoms with van der Waals surface area (Å²) in [5.41, 5.74) is 8.40. The first kappa shape index (κ1) is 17.6. The summed E-state index contributed by atoms with van der Waals surface area (Å²) in [6.07, 6.45) is 3.89. The van der Waals surface area contributed by atoms with Gasteiger partial charge in [0, 0.05) is 22.9 Å². The molecule has 0 spiro atoms. The monoisotopic (exact) mass is 325 g/mol. The van der Waals surface area contributed by atoms with Gasteiger partial charge in [0.25, 0.3) is 0 Å². The van der Waals surface area contributed by atoms with E-state index in [2.05, 4.69) is 0 Å². The molecular weight excluding hydrogens is 302 g/mol. The van der Waals surface area contributed by atoms with Crippen molar-refractivity contribution in [1.29, 1.82) is 0 Å². The number of aromatic hydroxyl groups is 1. The fourth-order valence-corrected chi connectivity index (χ4v) is 2.31. The summed E-state index contributed by atoms with van der Waals surface area (Å²) >= 11 is 0. The van der Waals surface area contributed by atoms with E-state index in [1.54, 1.807) is 36.4 Å². The van der Waals surface area contributed by atoms with Crippen molar-refractivity contribution in [2.45, 2.75) is 33.3 Å². The number of phenolic OH excluding ortho intramolecular Hbond substituents is 1. The molecule has 0 aromatic heterocycles. The lowest BCUT2D eigenvalue weighted by Gasteiger charge is -2.14. The van der Waals surface area contributed by atoms with Gasteiger partial charge in [-0.2, -0.15) is 0 Å². The molecule has 0 radical (unpaired) electrons. The van der Waals surface area contributed by atoms with Gasteiger partial charge < -0.3 is 15.6 Å². The molecule has 126 valence electrons. The number of hydrogen-bond donors (Lipinski definition) is 2. The number of nitrogens with two attached hydrogens (primary N) is 1. The molecule has 3 N–H and O–H groups in total. The molecule has 2 rings (SSSR count). The average Bonchev–Trinajstić information content (AvgIpc) is 2.54. The van der Waals surface area contributed by atoms with Crippen LogP contribution in [0.2, 0.25) is 0 Å². The van der Waals surface area contributed by atoms with Crippen molar-refractivity contribution in [2.75, 3.05) is 5.73 Å². The number of anilines is 1. The number of allylic oxidation sites excluding steroid dienone is 1. The Hall–Kier alpha value is -2.75. The van der Waals surface area contributed by atoms with Gasteiger partial charge >= 0.3 is 0 Å². The molecule has 4 nitrogen and oxygen atoms in total. The van der Waals surface area contributed by atoms with Gasteiger partial charge in [-0.05, 0) is 68.3 Å². The number of benzene rings is 2. The first-order chi connectivity index (χ1) is 11.4. The summed E-state index contributed by atoms with van der Waals surface area (Å²) in [6.45, 7) is 5.79. The molecule has 4 heteroatoms. The smallest absolute Gasteiger partial charge is 0.185 e. The lowest BCUT2D eigenvalue weighted by atomic mass is 10.0. The van der Waals surface area contributed by atoms with Crippen molar-refractivity contribution in [3.63, 3.8) is 0 Å². The molecular formula is C20H23NO3. The van der Waals surface area contributed by atoms with E-state index >= 15 is 0 Å². The third kappa shape index (κ3) is 4.38. The van der Waals surface area contributed by atoms with Crippen LogP contribution >= 0.6 is 0 Å². The van der Waals surface area contributed by atoms with Gasteiger partial charge in [-0.15, -0.1) is 0 Å². The van der Waals surface area contributed by atoms with Crippen LogP contribution in [0.15, 0.2) is 42.5 Å². The highest BCUT2D eigenvalue weighted by Crippen LogP contribution is 2.30. The Balaban J connectivity index is 2.32. The van der Waals surface area contributed by atoms with Gasteiger partial charge in [-0.25, -0.2) is 0 Å². The SMILES string of the molecule is CCc1cc(/C=C/C(=O)c2ccc(N)cc2)c(OC(C)C)cc1O. The highest BCUT2D eigenvalue weighted by atomic mass is 16.5. The number of aryl methyl sites for hydroxylation is 1. The number of ether oxygens (including phenoxy) is 1. The normalized spacial score (nSPS) is 11.2. The van der Waals surface area contributed by atoms with Gasteiger partial charge in [0.1, 0.15) is 11.5 Å². The summed E-state index contributed by atoms with van der Waals surface area (Å²) in [5.74, 6) is 0.646. The fourth-order valence-electron chi connectivity index (χ4n) is 2.31. The predicted molar refractivity (Wildman–Crippen MR) is 97.5 cm³/mol. The fraction of sp³-hybridized carbons (Fsp3) is 0.250. The van der Waals surface area contributed by atoms with Crippen molar-refractivity contribution in [1.82, 2.24) is 0 Å². The van der Waals surface area contributed by atoms with Gasteiger partial charge in [0.2, 0.25) is 0 Å². The molecule has 0 bridgehead atoms. The molecule has 0 saturated carbocycles. The largest absolute Gasteiger partial charge is 0.508 e. The lowest BCUT2D eigenvalue weighted by molar-refractivity contribution is 0.104. The molecule has 0 aliphatic carbocycles. The van der Waals surface area contributed by atoms with E-state index in [1.165, 1.54) is 6.08 Å². The van der Waals surface area contributed by atoms with Crippen LogP contribution in [0.4, 0.5) is 5.69 Å². The van der Waals surface area contributed by atoms with E-state index in [-0.39, 0.29) is 17.6 Å². The Morgan fingerprint density at radius 1 is 1.25 bits per heavy atom. The molecule has 0 saturated heterocycles. The van der Waals surface area contributed by atoms with E-state index in [4.69, 9.17) is 10.5 Å². The quantitative estimate of drug-likeness (QED) is 0.474. The summed E-state index contributed by atoms with van der Waals surface area (Å²) in [6, 6.07) is 10.2. The molecule has 2 aromatic rings. The first-order valence-electron chi connectivity index (χ1n) is 8.01. The van der Waals surface area contributed by atoms with E-state index in [9.17, 15) is 9.90 Å². The number of hydrogen-bond acceptors (Lipinski definition) is 4. The van der Waals surface area contributed by atoms with E-state index in [0.29, 0.717) is 23.4 Å². The van der Waals surface area contributed by atoms with Crippen molar-refractivity contribution >= 4 is 17.5 Å². The number of phenols is 1. The van der Waals surface area contributed by atoms with Crippen molar-refractivity contribution in [3.05, 3.63) is 59.2 Å². The van der Waals surface area contributed by atoms with E-state index in [1.807, 2.05) is 26.8 Å². The van der Waals surface area contributed by atoms with Gasteiger partial charge in [-0.3, -0.25) is 4.79 Å². The number of nitrogen functional groups attached to an aromatic ring is 1. The number of carbonyl (C=O) groups excluding carboxylic acids is 1. The van der Waals surface area contributed by atoms with Crippen LogP contribution in [0.25, 0.3) is 6.08 Å². The first-order valence-corrected chi connectivity index (χ1v) is 8.01. The van der Waals surface area contributed by atoms with Crippen LogP contribution in [-0.2, 0) is 6.42 Å². The maximum atomic E-state index is 12.3. The number of ketones is 1. The van der Waals surface area contributed by atoms with Crippen molar-refractivity contribution in [3.8, 4) is 11.5 Å². The minimum Gasteiger partial charge on any atom is -0.508 e. The third-order valence-corrected chi connectivity index (χ3v) is 3.56. The van der Waals surface area contributed by atoms with Crippen LogP contribution in [0.1, 0.15) is 42.3 Å². The zero-order chi connectivity index (χ0) is 17.7. The highest BCUT2D eigenvalue weighted by Gasteiger charge is 2.10. The Morgan fingerprint density at radius 2 is 1.92 bits per heavy atom. The standard InChI is InChI=1S/C20H23NO3/c1-4-14-11-16(20(12-19(14)23)24-13(2)3)7-10-18(22)15-5-8-17(21)9-6-15/h5-13,23H,4,21H2,1-3H3/b10-7+. The minimum absolute atomic E-state index is 0.0307. The maximum Gasteiger partial charge on any atom is 0.185 e. The average molecular weight is 325 g/mol. The third-order valence-electron chi connectivity index (χ3n) is 3.56. The maximum absolute atomic E-state index is 12.3. The molecule has 0 aliphatic heterocycles. The van der Waals surface area contributed by atoms with E-state index in [0.717, 1.165) is 11.1 Å². The van der Waals surface area contributed by atoms with Crippen LogP contribution in [0, 0.1) is 0 Å². The molecule has 0 fully saturated rings. The van der Waals surface area contributed by atoms with Crippen molar-refractivity contribution in [2.24, 2.45) is 0 Å². The summed E-state index contributed by atoms with van der Waals surface area (Å²) in [5, 5.41) is 10.0. The summed E-state index contributed by atoms with van der Waals surface area (Å²) in [7, 11) is 0. The molecule has 0 aliphatic rings. The summed E-state index contributed by atoms with van der Waals surface area (Å²) in [4.78, 5) is 12.3. The highest BCUT2D eigenvalue weighted by molar-refractivity contribution is 6.07. The van der Waals surface area contributed by atoms with Crippen LogP contribution < -0.4 is 10.5 Å². The summed E-state index contributed by atoms with van der Waals surface area (Å²) < 4.78 is 5.74. The second-order valence-electron chi connectivity index (χ2n) is 5.86. The van der Waals surface area contributed by atoms with E-state index < -0.39 is 0 Å². The minimum atomic E-state index is -0.114. The molecule has 0 unspecified atom stereocenters. The van der Waals surface area contributed by atoms with Gasteiger partial charge in [0.15, 0.2) is 5.78 Å². The predicted octanol–water partition coefficient (Wildman–Crippen LogP) is 4.22. The number of carbonyl (C=O) groups is 1. The molecule has 0 amide bonds. The molecule has 2 aromatic carbocycles. The second kappa shape index (κ2) is 7.68. The Kier molecular flexibility index (Phi) is 5.64. The molecule has 0 atom stereocenters. The van der Waals surface area contributed by atoms with Crippen molar-refractivity contribution < 1.29 is 14.6 Å². The Bertz CT molecular complexity index is 746. The Morgan fingerprint density at radius 3 is 2.50 bits per heavy atom. The molecule has 24 heavy (non-hydrogen) atoms. The zero-order valence-electron chi connectivity index (χ0n) is 14.2. The number of rotatable bonds is 6.